The molecule has 24 heavy (non-hydrogen) atoms. The largest absolute Gasteiger partial charge is 0.360 e. The van der Waals surface area contributed by atoms with E-state index in [0.717, 1.165) is 11.3 Å². The Morgan fingerprint density at radius 3 is 2.62 bits per heavy atom. The molecule has 3 rings (SSSR count). The Morgan fingerprint density at radius 2 is 1.96 bits per heavy atom. The van der Waals surface area contributed by atoms with Crippen molar-refractivity contribution in [3.8, 4) is 0 Å². The highest BCUT2D eigenvalue weighted by Crippen LogP contribution is 2.16. The van der Waals surface area contributed by atoms with Gasteiger partial charge in [-0.2, -0.15) is 0 Å². The van der Waals surface area contributed by atoms with Gasteiger partial charge in [0.05, 0.1) is 5.69 Å². The number of hydrogen-bond acceptors (Lipinski definition) is 5. The number of rotatable bonds is 6. The number of benzene rings is 1. The molecular weight excluding hydrogens is 304 g/mol. The van der Waals surface area contributed by atoms with Gasteiger partial charge in [-0.1, -0.05) is 41.6 Å². The molecule has 0 aliphatic rings. The van der Waals surface area contributed by atoms with Crippen LogP contribution in [0.5, 0.6) is 0 Å². The fourth-order valence-electron chi connectivity index (χ4n) is 2.34. The summed E-state index contributed by atoms with van der Waals surface area (Å²) in [6.45, 7) is 2.25. The Morgan fingerprint density at radius 1 is 1.17 bits per heavy atom. The lowest BCUT2D eigenvalue weighted by Crippen LogP contribution is -2.33. The van der Waals surface area contributed by atoms with Gasteiger partial charge in [0.1, 0.15) is 11.8 Å². The van der Waals surface area contributed by atoms with Crippen molar-refractivity contribution in [2.75, 3.05) is 5.32 Å². The van der Waals surface area contributed by atoms with E-state index in [1.54, 1.807) is 19.2 Å². The summed E-state index contributed by atoms with van der Waals surface area (Å²) in [5.74, 6) is 0.839. The normalized spacial score (nSPS) is 11.9. The Labute approximate surface area is 139 Å². The Kier molecular flexibility index (Phi) is 4.98. The summed E-state index contributed by atoms with van der Waals surface area (Å²) in [6.07, 6.45) is 1.73. The van der Waals surface area contributed by atoms with Crippen LogP contribution in [0.2, 0.25) is 0 Å². The minimum Gasteiger partial charge on any atom is -0.360 e. The Balaban J connectivity index is 1.75. The smallest absolute Gasteiger partial charge is 0.247 e. The number of aryl methyl sites for hydroxylation is 1. The summed E-state index contributed by atoms with van der Waals surface area (Å²) in [6, 6.07) is 16.4. The van der Waals surface area contributed by atoms with E-state index in [9.17, 15) is 4.79 Å². The van der Waals surface area contributed by atoms with Gasteiger partial charge in [-0.25, -0.2) is 0 Å². The van der Waals surface area contributed by atoms with Crippen molar-refractivity contribution in [2.24, 2.45) is 0 Å². The molecule has 1 amide bonds. The van der Waals surface area contributed by atoms with Gasteiger partial charge in [0.25, 0.3) is 0 Å². The number of anilines is 1. The highest BCUT2D eigenvalue weighted by molar-refractivity contribution is 5.94. The molecule has 2 heterocycles. The summed E-state index contributed by atoms with van der Waals surface area (Å²) in [4.78, 5) is 16.9. The van der Waals surface area contributed by atoms with Crippen LogP contribution in [-0.4, -0.2) is 16.0 Å². The lowest BCUT2D eigenvalue weighted by Gasteiger charge is -2.18. The fourth-order valence-corrected chi connectivity index (χ4v) is 2.34. The molecule has 1 aromatic carbocycles. The molecule has 0 aliphatic carbocycles. The van der Waals surface area contributed by atoms with Crippen LogP contribution < -0.4 is 10.6 Å². The lowest BCUT2D eigenvalue weighted by atomic mass is 10.1. The van der Waals surface area contributed by atoms with Crippen molar-refractivity contribution in [2.45, 2.75) is 19.5 Å². The Hall–Kier alpha value is -2.99. The van der Waals surface area contributed by atoms with E-state index in [1.807, 2.05) is 48.5 Å². The zero-order chi connectivity index (χ0) is 16.8. The molecule has 0 saturated carbocycles. The first-order valence-corrected chi connectivity index (χ1v) is 7.65. The number of aromatic nitrogens is 2. The SMILES string of the molecule is Cc1cc(NC(=O)C(NCc2ccccn2)c2ccccc2)no1. The molecular formula is C18H18N4O2. The van der Waals surface area contributed by atoms with Crippen LogP contribution in [0.25, 0.3) is 0 Å². The van der Waals surface area contributed by atoms with Gasteiger partial charge >= 0.3 is 0 Å². The van der Waals surface area contributed by atoms with Crippen molar-refractivity contribution in [1.29, 1.82) is 0 Å². The van der Waals surface area contributed by atoms with E-state index in [0.29, 0.717) is 18.1 Å². The predicted octanol–water partition coefficient (Wildman–Crippen LogP) is 2.85. The third kappa shape index (κ3) is 4.05. The van der Waals surface area contributed by atoms with Gasteiger partial charge in [0, 0.05) is 18.8 Å². The summed E-state index contributed by atoms with van der Waals surface area (Å²) in [5, 5.41) is 9.82. The highest BCUT2D eigenvalue weighted by Gasteiger charge is 2.21. The van der Waals surface area contributed by atoms with Gasteiger partial charge < -0.3 is 9.84 Å². The second-order valence-electron chi connectivity index (χ2n) is 5.36. The zero-order valence-electron chi connectivity index (χ0n) is 13.3. The summed E-state index contributed by atoms with van der Waals surface area (Å²) < 4.78 is 4.98. The topological polar surface area (TPSA) is 80.0 Å². The van der Waals surface area contributed by atoms with Crippen molar-refractivity contribution in [3.63, 3.8) is 0 Å². The minimum absolute atomic E-state index is 0.203. The van der Waals surface area contributed by atoms with Crippen LogP contribution in [0.1, 0.15) is 23.1 Å². The van der Waals surface area contributed by atoms with Gasteiger partial charge in [-0.05, 0) is 24.6 Å². The second kappa shape index (κ2) is 7.52. The van der Waals surface area contributed by atoms with Crippen LogP contribution in [0.15, 0.2) is 65.3 Å². The number of amides is 1. The first kappa shape index (κ1) is 15.9. The summed E-state index contributed by atoms with van der Waals surface area (Å²) in [7, 11) is 0. The van der Waals surface area contributed by atoms with E-state index in [4.69, 9.17) is 4.52 Å². The maximum Gasteiger partial charge on any atom is 0.247 e. The predicted molar refractivity (Wildman–Crippen MR) is 90.1 cm³/mol. The molecule has 0 saturated heterocycles. The average molecular weight is 322 g/mol. The van der Waals surface area contributed by atoms with Crippen LogP contribution in [0.4, 0.5) is 5.82 Å². The average Bonchev–Trinajstić information content (AvgIpc) is 3.02. The van der Waals surface area contributed by atoms with E-state index < -0.39 is 6.04 Å². The number of carbonyl (C=O) groups is 1. The number of nitrogens with one attached hydrogen (secondary N) is 2. The first-order valence-electron chi connectivity index (χ1n) is 7.65. The monoisotopic (exact) mass is 322 g/mol. The lowest BCUT2D eigenvalue weighted by molar-refractivity contribution is -0.118. The molecule has 0 aliphatic heterocycles. The number of carbonyl (C=O) groups excluding carboxylic acids is 1. The van der Waals surface area contributed by atoms with Crippen molar-refractivity contribution >= 4 is 11.7 Å². The van der Waals surface area contributed by atoms with E-state index in [-0.39, 0.29) is 5.91 Å². The molecule has 1 atom stereocenters. The fraction of sp³-hybridized carbons (Fsp3) is 0.167. The van der Waals surface area contributed by atoms with Gasteiger partial charge in [0.2, 0.25) is 5.91 Å². The van der Waals surface area contributed by atoms with Gasteiger partial charge in [0.15, 0.2) is 5.82 Å². The van der Waals surface area contributed by atoms with Crippen LogP contribution >= 0.6 is 0 Å². The number of hydrogen-bond donors (Lipinski definition) is 2. The summed E-state index contributed by atoms with van der Waals surface area (Å²) >= 11 is 0. The molecule has 0 fully saturated rings. The van der Waals surface area contributed by atoms with Crippen LogP contribution in [-0.2, 0) is 11.3 Å². The first-order chi connectivity index (χ1) is 11.7. The summed E-state index contributed by atoms with van der Waals surface area (Å²) in [5.41, 5.74) is 1.73. The van der Waals surface area contributed by atoms with E-state index in [1.165, 1.54) is 0 Å². The molecule has 0 spiro atoms. The standard InChI is InChI=1S/C18H18N4O2/c1-13-11-16(22-24-13)21-18(23)17(14-7-3-2-4-8-14)20-12-15-9-5-6-10-19-15/h2-11,17,20H,12H2,1H3,(H,21,22,23). The molecule has 1 unspecified atom stereocenters. The van der Waals surface area contributed by atoms with Crippen molar-refractivity contribution in [1.82, 2.24) is 15.5 Å². The van der Waals surface area contributed by atoms with Crippen LogP contribution in [0, 0.1) is 6.92 Å². The maximum atomic E-state index is 12.7. The highest BCUT2D eigenvalue weighted by atomic mass is 16.5. The third-order valence-electron chi connectivity index (χ3n) is 3.49. The van der Waals surface area contributed by atoms with Gasteiger partial charge in [-0.3, -0.25) is 15.1 Å². The molecule has 0 radical (unpaired) electrons. The van der Waals surface area contributed by atoms with Crippen molar-refractivity contribution < 1.29 is 9.32 Å². The van der Waals surface area contributed by atoms with E-state index in [2.05, 4.69) is 20.8 Å². The Bertz CT molecular complexity index is 787. The molecule has 122 valence electrons. The van der Waals surface area contributed by atoms with Gasteiger partial charge in [-0.15, -0.1) is 0 Å². The molecule has 6 heteroatoms. The second-order valence-corrected chi connectivity index (χ2v) is 5.36. The molecule has 6 nitrogen and oxygen atoms in total. The number of pyridine rings is 1. The molecule has 2 aromatic heterocycles. The minimum atomic E-state index is -0.523. The third-order valence-corrected chi connectivity index (χ3v) is 3.49. The maximum absolute atomic E-state index is 12.7. The molecule has 0 bridgehead atoms. The molecule has 3 aromatic rings. The van der Waals surface area contributed by atoms with Crippen molar-refractivity contribution in [3.05, 3.63) is 77.8 Å². The van der Waals surface area contributed by atoms with E-state index >= 15 is 0 Å². The van der Waals surface area contributed by atoms with Crippen LogP contribution in [0.3, 0.4) is 0 Å². The zero-order valence-corrected chi connectivity index (χ0v) is 13.3. The quantitative estimate of drug-likeness (QED) is 0.729. The number of nitrogens with zero attached hydrogens (tertiary/aromatic N) is 2. The molecule has 2 N–H and O–H groups in total.